The first-order valence-corrected chi connectivity index (χ1v) is 10.1. The van der Waals surface area contributed by atoms with E-state index >= 15 is 0 Å². The van der Waals surface area contributed by atoms with Crippen LogP contribution in [-0.2, 0) is 11.3 Å². The topological polar surface area (TPSA) is 105 Å². The van der Waals surface area contributed by atoms with Crippen molar-refractivity contribution in [1.82, 2.24) is 20.6 Å². The number of amides is 3. The number of benzene rings is 1. The lowest BCUT2D eigenvalue weighted by atomic mass is 9.96. The Morgan fingerprint density at radius 2 is 1.77 bits per heavy atom. The van der Waals surface area contributed by atoms with Crippen molar-refractivity contribution in [3.8, 4) is 11.1 Å². The van der Waals surface area contributed by atoms with Crippen molar-refractivity contribution in [3.05, 3.63) is 54.5 Å². The average Bonchev–Trinajstić information content (AvgIpc) is 2.71. The van der Waals surface area contributed by atoms with Crippen LogP contribution in [0.4, 0.5) is 15.4 Å². The fourth-order valence-electron chi connectivity index (χ4n) is 3.11. The number of hydrogen-bond donors (Lipinski definition) is 3. The second-order valence-corrected chi connectivity index (χ2v) is 7.96. The molecule has 0 fully saturated rings. The van der Waals surface area contributed by atoms with Crippen LogP contribution in [0.25, 0.3) is 21.9 Å². The Morgan fingerprint density at radius 3 is 2.45 bits per heavy atom. The highest BCUT2D eigenvalue weighted by Crippen LogP contribution is 2.31. The molecule has 0 aliphatic heterocycles. The third-order valence-electron chi connectivity index (χ3n) is 4.38. The molecule has 1 aromatic carbocycles. The van der Waals surface area contributed by atoms with Gasteiger partial charge in [-0.05, 0) is 68.0 Å². The Kier molecular flexibility index (Phi) is 6.69. The molecular formula is C23H27N5O3. The molecule has 8 nitrogen and oxygen atoms in total. The summed E-state index contributed by atoms with van der Waals surface area (Å²) in [5, 5.41) is 10.00. The fraction of sp³-hybridized carbons (Fsp3) is 0.304. The minimum atomic E-state index is -0.571. The van der Waals surface area contributed by atoms with Gasteiger partial charge in [0.2, 0.25) is 0 Å². The summed E-state index contributed by atoms with van der Waals surface area (Å²) in [6.07, 6.45) is 4.68. The molecule has 0 spiro atoms. The molecule has 2 heterocycles. The van der Waals surface area contributed by atoms with Crippen LogP contribution >= 0.6 is 0 Å². The van der Waals surface area contributed by atoms with Crippen molar-refractivity contribution in [3.63, 3.8) is 0 Å². The van der Waals surface area contributed by atoms with Gasteiger partial charge in [-0.25, -0.2) is 14.6 Å². The number of pyridine rings is 2. The molecule has 31 heavy (non-hydrogen) atoms. The van der Waals surface area contributed by atoms with E-state index in [1.54, 1.807) is 18.6 Å². The summed E-state index contributed by atoms with van der Waals surface area (Å²) in [6.45, 7) is 8.10. The zero-order valence-electron chi connectivity index (χ0n) is 18.2. The van der Waals surface area contributed by atoms with Gasteiger partial charge in [0.15, 0.2) is 0 Å². The third-order valence-corrected chi connectivity index (χ3v) is 4.38. The van der Waals surface area contributed by atoms with E-state index in [1.165, 1.54) is 0 Å². The normalized spacial score (nSPS) is 11.1. The van der Waals surface area contributed by atoms with E-state index in [1.807, 2.05) is 58.0 Å². The predicted molar refractivity (Wildman–Crippen MR) is 121 cm³/mol. The maximum Gasteiger partial charge on any atom is 0.407 e. The highest BCUT2D eigenvalue weighted by atomic mass is 16.6. The van der Waals surface area contributed by atoms with E-state index in [4.69, 9.17) is 4.74 Å². The highest BCUT2D eigenvalue weighted by Gasteiger charge is 2.17. The number of hydrogen-bond acceptors (Lipinski definition) is 5. The van der Waals surface area contributed by atoms with Crippen molar-refractivity contribution in [2.45, 2.75) is 39.8 Å². The largest absolute Gasteiger partial charge is 0.444 e. The van der Waals surface area contributed by atoms with E-state index < -0.39 is 11.7 Å². The smallest absolute Gasteiger partial charge is 0.407 e. The first-order valence-electron chi connectivity index (χ1n) is 10.1. The number of alkyl carbamates (subject to hydrolysis) is 1. The Morgan fingerprint density at radius 1 is 1.03 bits per heavy atom. The van der Waals surface area contributed by atoms with Crippen LogP contribution in [0.15, 0.2) is 48.9 Å². The Hall–Kier alpha value is -3.68. The number of ether oxygens (including phenoxy) is 1. The SMILES string of the molecule is CCNC(=O)Nc1cc2c(-c3ccncc3)ccc(CNC(=O)OC(C)(C)C)c2cn1. The zero-order valence-corrected chi connectivity index (χ0v) is 18.2. The van der Waals surface area contributed by atoms with Gasteiger partial charge < -0.3 is 15.4 Å². The van der Waals surface area contributed by atoms with Gasteiger partial charge in [-0.15, -0.1) is 0 Å². The minimum Gasteiger partial charge on any atom is -0.444 e. The van der Waals surface area contributed by atoms with Gasteiger partial charge in [-0.1, -0.05) is 12.1 Å². The molecule has 3 rings (SSSR count). The van der Waals surface area contributed by atoms with Crippen LogP contribution in [0.2, 0.25) is 0 Å². The molecule has 0 radical (unpaired) electrons. The summed E-state index contributed by atoms with van der Waals surface area (Å²) < 4.78 is 5.32. The van der Waals surface area contributed by atoms with E-state index in [0.717, 1.165) is 27.5 Å². The van der Waals surface area contributed by atoms with Gasteiger partial charge in [0.05, 0.1) is 0 Å². The van der Waals surface area contributed by atoms with E-state index in [2.05, 4.69) is 25.9 Å². The Labute approximate surface area is 181 Å². The molecule has 0 aliphatic rings. The number of aromatic nitrogens is 2. The van der Waals surface area contributed by atoms with Crippen molar-refractivity contribution in [2.24, 2.45) is 0 Å². The molecule has 0 unspecified atom stereocenters. The molecule has 8 heteroatoms. The molecule has 3 N–H and O–H groups in total. The van der Waals surface area contributed by atoms with Gasteiger partial charge in [0, 0.05) is 37.1 Å². The number of carbonyl (C=O) groups excluding carboxylic acids is 2. The molecule has 162 valence electrons. The summed E-state index contributed by atoms with van der Waals surface area (Å²) in [6, 6.07) is 9.29. The molecule has 3 amide bonds. The Bertz CT molecular complexity index is 1080. The number of urea groups is 1. The molecule has 0 bridgehead atoms. The van der Waals surface area contributed by atoms with Crippen LogP contribution < -0.4 is 16.0 Å². The molecular weight excluding hydrogens is 394 g/mol. The summed E-state index contributed by atoms with van der Waals surface area (Å²) in [5.41, 5.74) is 2.27. The zero-order chi connectivity index (χ0) is 22.4. The predicted octanol–water partition coefficient (Wildman–Crippen LogP) is 4.46. The number of carbonyl (C=O) groups is 2. The first-order chi connectivity index (χ1) is 14.8. The van der Waals surface area contributed by atoms with Crippen LogP contribution in [0.5, 0.6) is 0 Å². The van der Waals surface area contributed by atoms with Gasteiger partial charge in [0.1, 0.15) is 11.4 Å². The maximum absolute atomic E-state index is 12.1. The van der Waals surface area contributed by atoms with Crippen LogP contribution in [-0.4, -0.2) is 34.2 Å². The van der Waals surface area contributed by atoms with Crippen LogP contribution in [0.3, 0.4) is 0 Å². The van der Waals surface area contributed by atoms with Gasteiger partial charge in [-0.2, -0.15) is 0 Å². The van der Waals surface area contributed by atoms with E-state index in [-0.39, 0.29) is 12.6 Å². The van der Waals surface area contributed by atoms with Gasteiger partial charge in [0.25, 0.3) is 0 Å². The van der Waals surface area contributed by atoms with E-state index in [9.17, 15) is 9.59 Å². The number of nitrogens with zero attached hydrogens (tertiary/aromatic N) is 2. The number of anilines is 1. The quantitative estimate of drug-likeness (QED) is 0.564. The minimum absolute atomic E-state index is 0.285. The molecule has 0 atom stereocenters. The average molecular weight is 422 g/mol. The molecule has 0 saturated heterocycles. The number of nitrogens with one attached hydrogen (secondary N) is 3. The van der Waals surface area contributed by atoms with Crippen LogP contribution in [0.1, 0.15) is 33.3 Å². The number of rotatable bonds is 5. The summed E-state index contributed by atoms with van der Waals surface area (Å²) in [5.74, 6) is 0.436. The standard InChI is InChI=1S/C23H27N5O3/c1-5-25-21(29)28-20-12-18-17(15-8-10-24-11-9-15)7-6-16(19(18)14-26-20)13-27-22(30)31-23(2,3)4/h6-12,14H,5,13H2,1-4H3,(H,27,30)(H2,25,26,28,29). The monoisotopic (exact) mass is 421 g/mol. The van der Waals surface area contributed by atoms with Crippen molar-refractivity contribution < 1.29 is 14.3 Å². The lowest BCUT2D eigenvalue weighted by molar-refractivity contribution is 0.0523. The Balaban J connectivity index is 1.97. The van der Waals surface area contributed by atoms with Crippen molar-refractivity contribution in [1.29, 1.82) is 0 Å². The number of fused-ring (bicyclic) bond motifs is 1. The molecule has 0 aliphatic carbocycles. The van der Waals surface area contributed by atoms with Crippen LogP contribution in [0, 0.1) is 0 Å². The maximum atomic E-state index is 12.1. The van der Waals surface area contributed by atoms with Gasteiger partial charge in [-0.3, -0.25) is 10.3 Å². The molecule has 0 saturated carbocycles. The van der Waals surface area contributed by atoms with Crippen molar-refractivity contribution >= 4 is 28.7 Å². The van der Waals surface area contributed by atoms with Gasteiger partial charge >= 0.3 is 12.1 Å². The summed E-state index contributed by atoms with van der Waals surface area (Å²) in [7, 11) is 0. The summed E-state index contributed by atoms with van der Waals surface area (Å²) in [4.78, 5) is 32.5. The highest BCUT2D eigenvalue weighted by molar-refractivity contribution is 6.00. The third kappa shape index (κ3) is 5.91. The second-order valence-electron chi connectivity index (χ2n) is 7.96. The second kappa shape index (κ2) is 9.42. The summed E-state index contributed by atoms with van der Waals surface area (Å²) >= 11 is 0. The van der Waals surface area contributed by atoms with E-state index in [0.29, 0.717) is 12.4 Å². The first kappa shape index (κ1) is 22.0. The van der Waals surface area contributed by atoms with Crippen molar-refractivity contribution in [2.75, 3.05) is 11.9 Å². The fourth-order valence-corrected chi connectivity index (χ4v) is 3.11. The molecule has 2 aromatic heterocycles. The lowest BCUT2D eigenvalue weighted by Crippen LogP contribution is -2.32. The lowest BCUT2D eigenvalue weighted by Gasteiger charge is -2.20. The molecule has 3 aromatic rings.